The number of benzene rings is 2. The molecular formula is C28H41N3O3. The molecule has 0 aromatic heterocycles. The van der Waals surface area contributed by atoms with E-state index in [1.54, 1.807) is 0 Å². The number of nitrogen functional groups attached to an aromatic ring is 1. The number of hydrogen-bond acceptors (Lipinski definition) is 5. The van der Waals surface area contributed by atoms with Gasteiger partial charge in [-0.2, -0.15) is 0 Å². The lowest BCUT2D eigenvalue weighted by Crippen LogP contribution is -2.49. The van der Waals surface area contributed by atoms with Gasteiger partial charge in [0.05, 0.1) is 24.4 Å². The monoisotopic (exact) mass is 467 g/mol. The number of aliphatic hydroxyl groups is 1. The number of aliphatic hydroxyl groups excluding tert-OH is 1. The Kier molecular flexibility index (Phi) is 8.26. The van der Waals surface area contributed by atoms with Gasteiger partial charge >= 0.3 is 0 Å². The van der Waals surface area contributed by atoms with Crippen molar-refractivity contribution < 1.29 is 14.6 Å². The van der Waals surface area contributed by atoms with Crippen molar-refractivity contribution in [2.45, 2.75) is 83.4 Å². The summed E-state index contributed by atoms with van der Waals surface area (Å²) in [5.41, 5.74) is 10.1. The third kappa shape index (κ3) is 6.73. The topological polar surface area (TPSA) is 96.6 Å². The quantitative estimate of drug-likeness (QED) is 0.374. The van der Waals surface area contributed by atoms with Crippen LogP contribution >= 0.6 is 0 Å². The first-order valence-corrected chi connectivity index (χ1v) is 12.4. The van der Waals surface area contributed by atoms with E-state index in [9.17, 15) is 9.90 Å². The average molecular weight is 468 g/mol. The fourth-order valence-corrected chi connectivity index (χ4v) is 4.26. The highest BCUT2D eigenvalue weighted by molar-refractivity contribution is 5.73. The molecular weight excluding hydrogens is 426 g/mol. The smallest absolute Gasteiger partial charge is 0.217 e. The van der Waals surface area contributed by atoms with Crippen LogP contribution in [0.2, 0.25) is 0 Å². The number of amides is 1. The van der Waals surface area contributed by atoms with E-state index >= 15 is 0 Å². The Morgan fingerprint density at radius 2 is 1.94 bits per heavy atom. The van der Waals surface area contributed by atoms with E-state index in [0.717, 1.165) is 24.8 Å². The summed E-state index contributed by atoms with van der Waals surface area (Å²) in [6, 6.07) is 14.0. The van der Waals surface area contributed by atoms with Gasteiger partial charge in [-0.15, -0.1) is 0 Å². The third-order valence-corrected chi connectivity index (χ3v) is 6.53. The maximum Gasteiger partial charge on any atom is 0.217 e. The molecule has 0 bridgehead atoms. The molecule has 2 atom stereocenters. The Hall–Kier alpha value is -2.57. The summed E-state index contributed by atoms with van der Waals surface area (Å²) in [6.07, 6.45) is 2.70. The molecule has 5 N–H and O–H groups in total. The van der Waals surface area contributed by atoms with Crippen molar-refractivity contribution in [3.63, 3.8) is 0 Å². The zero-order valence-corrected chi connectivity index (χ0v) is 21.3. The molecule has 3 rings (SSSR count). The highest BCUT2D eigenvalue weighted by Crippen LogP contribution is 2.46. The average Bonchev–Trinajstić information content (AvgIpc) is 3.58. The summed E-state index contributed by atoms with van der Waals surface area (Å²) in [4.78, 5) is 11.9. The molecule has 2 aromatic carbocycles. The van der Waals surface area contributed by atoms with Crippen LogP contribution in [0, 0.1) is 0 Å². The summed E-state index contributed by atoms with van der Waals surface area (Å²) < 4.78 is 5.75. The highest BCUT2D eigenvalue weighted by atomic mass is 16.5. The van der Waals surface area contributed by atoms with Crippen molar-refractivity contribution >= 4 is 11.6 Å². The highest BCUT2D eigenvalue weighted by Gasteiger charge is 2.44. The predicted octanol–water partition coefficient (Wildman–Crippen LogP) is 4.04. The molecule has 0 saturated heterocycles. The van der Waals surface area contributed by atoms with Crippen molar-refractivity contribution in [3.8, 4) is 5.75 Å². The fourth-order valence-electron chi connectivity index (χ4n) is 4.26. The molecule has 0 unspecified atom stereocenters. The fraction of sp³-hybridized carbons (Fsp3) is 0.536. The maximum absolute atomic E-state index is 11.9. The molecule has 6 heteroatoms. The molecule has 34 heavy (non-hydrogen) atoms. The van der Waals surface area contributed by atoms with Gasteiger partial charge in [0.25, 0.3) is 0 Å². The number of rotatable bonds is 11. The second-order valence-electron chi connectivity index (χ2n) is 10.6. The van der Waals surface area contributed by atoms with Crippen molar-refractivity contribution in [2.24, 2.45) is 0 Å². The minimum atomic E-state index is -0.746. The lowest BCUT2D eigenvalue weighted by atomic mass is 9.85. The van der Waals surface area contributed by atoms with E-state index in [-0.39, 0.29) is 16.9 Å². The first-order valence-electron chi connectivity index (χ1n) is 12.4. The number of hydrogen-bond donors (Lipinski definition) is 4. The van der Waals surface area contributed by atoms with Gasteiger partial charge in [0.2, 0.25) is 5.91 Å². The van der Waals surface area contributed by atoms with E-state index in [2.05, 4.69) is 55.7 Å². The lowest BCUT2D eigenvalue weighted by molar-refractivity contribution is -0.120. The first-order chi connectivity index (χ1) is 16.0. The molecule has 2 aromatic rings. The zero-order chi connectivity index (χ0) is 24.9. The molecule has 0 radical (unpaired) electrons. The standard InChI is InChI=1S/C28H41N3O3/c1-6-14-34-26-16-20(10-11-23(26)29)15-24(31-19(2)32)25(33)18-30-28(12-13-28)22-9-7-8-21(17-22)27(3,4)5/h7-11,16-17,24-25,30,33H,6,12-15,18,29H2,1-5H3,(H,31,32)/t24-,25+/m0/s1. The minimum absolute atomic E-state index is 0.0842. The Morgan fingerprint density at radius 3 is 2.56 bits per heavy atom. The summed E-state index contributed by atoms with van der Waals surface area (Å²) in [7, 11) is 0. The van der Waals surface area contributed by atoms with E-state index in [0.29, 0.717) is 31.0 Å². The molecule has 1 aliphatic rings. The Bertz CT molecular complexity index is 979. The maximum atomic E-state index is 11.9. The molecule has 0 heterocycles. The van der Waals surface area contributed by atoms with E-state index in [4.69, 9.17) is 10.5 Å². The van der Waals surface area contributed by atoms with Crippen LogP contribution in [-0.4, -0.2) is 36.3 Å². The summed E-state index contributed by atoms with van der Waals surface area (Å²) >= 11 is 0. The van der Waals surface area contributed by atoms with Crippen LogP contribution < -0.4 is 21.1 Å². The molecule has 1 amide bonds. The van der Waals surface area contributed by atoms with Crippen LogP contribution in [-0.2, 0) is 22.2 Å². The van der Waals surface area contributed by atoms with Gasteiger partial charge in [-0.05, 0) is 59.9 Å². The van der Waals surface area contributed by atoms with Crippen molar-refractivity contribution in [2.75, 3.05) is 18.9 Å². The second kappa shape index (κ2) is 10.8. The van der Waals surface area contributed by atoms with E-state index in [1.807, 2.05) is 25.1 Å². The molecule has 0 spiro atoms. The molecule has 1 fully saturated rings. The lowest BCUT2D eigenvalue weighted by Gasteiger charge is -2.28. The molecule has 1 aliphatic carbocycles. The van der Waals surface area contributed by atoms with Gasteiger partial charge in [0.15, 0.2) is 0 Å². The van der Waals surface area contributed by atoms with Gasteiger partial charge in [-0.3, -0.25) is 4.79 Å². The number of nitrogens with two attached hydrogens (primary N) is 1. The largest absolute Gasteiger partial charge is 0.491 e. The van der Waals surface area contributed by atoms with Crippen LogP contribution in [0.4, 0.5) is 5.69 Å². The molecule has 186 valence electrons. The van der Waals surface area contributed by atoms with Gasteiger partial charge in [-0.25, -0.2) is 0 Å². The summed E-state index contributed by atoms with van der Waals surface area (Å²) in [5, 5.41) is 17.6. The molecule has 1 saturated carbocycles. The van der Waals surface area contributed by atoms with Crippen LogP contribution in [0.25, 0.3) is 0 Å². The summed E-state index contributed by atoms with van der Waals surface area (Å²) in [5.74, 6) is 0.477. The third-order valence-electron chi connectivity index (χ3n) is 6.53. The number of carbonyl (C=O) groups excluding carboxylic acids is 1. The minimum Gasteiger partial charge on any atom is -0.491 e. The van der Waals surface area contributed by atoms with Gasteiger partial charge in [-0.1, -0.05) is 58.0 Å². The van der Waals surface area contributed by atoms with Gasteiger partial charge < -0.3 is 26.2 Å². The SMILES string of the molecule is CCCOc1cc(C[C@H](NC(C)=O)[C@H](O)CNC2(c3cccc(C(C)(C)C)c3)CC2)ccc1N. The number of carbonyl (C=O) groups is 1. The number of anilines is 1. The molecule has 0 aliphatic heterocycles. The Morgan fingerprint density at radius 1 is 1.21 bits per heavy atom. The Balaban J connectivity index is 1.69. The van der Waals surface area contributed by atoms with Crippen LogP contribution in [0.15, 0.2) is 42.5 Å². The van der Waals surface area contributed by atoms with Gasteiger partial charge in [0.1, 0.15) is 5.75 Å². The van der Waals surface area contributed by atoms with Crippen molar-refractivity contribution in [1.29, 1.82) is 0 Å². The van der Waals surface area contributed by atoms with Gasteiger partial charge in [0, 0.05) is 19.0 Å². The van der Waals surface area contributed by atoms with E-state index < -0.39 is 12.1 Å². The van der Waals surface area contributed by atoms with Crippen LogP contribution in [0.1, 0.15) is 70.6 Å². The van der Waals surface area contributed by atoms with Crippen molar-refractivity contribution in [1.82, 2.24) is 10.6 Å². The number of nitrogens with one attached hydrogen (secondary N) is 2. The van der Waals surface area contributed by atoms with Crippen molar-refractivity contribution in [3.05, 3.63) is 59.2 Å². The van der Waals surface area contributed by atoms with E-state index in [1.165, 1.54) is 18.1 Å². The normalized spacial score (nSPS) is 16.5. The second-order valence-corrected chi connectivity index (χ2v) is 10.6. The summed E-state index contributed by atoms with van der Waals surface area (Å²) in [6.45, 7) is 11.2. The number of ether oxygens (including phenoxy) is 1. The van der Waals surface area contributed by atoms with Crippen LogP contribution in [0.5, 0.6) is 5.75 Å². The Labute approximate surface area is 204 Å². The predicted molar refractivity (Wildman–Crippen MR) is 138 cm³/mol. The molecule has 6 nitrogen and oxygen atoms in total. The van der Waals surface area contributed by atoms with Crippen LogP contribution in [0.3, 0.4) is 0 Å². The first kappa shape index (κ1) is 26.0. The zero-order valence-electron chi connectivity index (χ0n) is 21.3.